The van der Waals surface area contributed by atoms with Gasteiger partial charge in [-0.05, 0) is 31.2 Å². The van der Waals surface area contributed by atoms with Gasteiger partial charge in [0.1, 0.15) is 0 Å². The first-order valence-corrected chi connectivity index (χ1v) is 7.20. The van der Waals surface area contributed by atoms with E-state index in [1.54, 1.807) is 0 Å². The van der Waals surface area contributed by atoms with Crippen molar-refractivity contribution >= 4 is 0 Å². The van der Waals surface area contributed by atoms with Crippen LogP contribution in [0.25, 0.3) is 0 Å². The molecule has 0 amide bonds. The van der Waals surface area contributed by atoms with E-state index in [2.05, 4.69) is 28.1 Å². The molecule has 0 saturated heterocycles. The van der Waals surface area contributed by atoms with Crippen LogP contribution in [0.2, 0.25) is 0 Å². The number of nitrogens with zero attached hydrogens (tertiary/aromatic N) is 2. The van der Waals surface area contributed by atoms with Crippen molar-refractivity contribution in [2.24, 2.45) is 5.92 Å². The lowest BCUT2D eigenvalue weighted by atomic mass is 9.86. The molecule has 2 unspecified atom stereocenters. The normalized spacial score (nSPS) is 24.3. The number of nitrogens with one attached hydrogen (secondary N) is 1. The number of hydrogen-bond donors (Lipinski definition) is 2. The number of aliphatic hydroxyl groups is 1. The first-order valence-electron chi connectivity index (χ1n) is 7.20. The van der Waals surface area contributed by atoms with Crippen LogP contribution in [0.1, 0.15) is 44.7 Å². The van der Waals surface area contributed by atoms with Gasteiger partial charge in [-0.1, -0.05) is 19.8 Å². The van der Waals surface area contributed by atoms with Crippen molar-refractivity contribution in [3.63, 3.8) is 0 Å². The van der Waals surface area contributed by atoms with Crippen LogP contribution in [-0.2, 0) is 13.1 Å². The summed E-state index contributed by atoms with van der Waals surface area (Å²) in [6.07, 6.45) is 7.44. The molecule has 18 heavy (non-hydrogen) atoms. The van der Waals surface area contributed by atoms with Gasteiger partial charge in [-0.3, -0.25) is 4.68 Å². The fraction of sp³-hybridized carbons (Fsp3) is 0.786. The Morgan fingerprint density at radius 2 is 2.28 bits per heavy atom. The summed E-state index contributed by atoms with van der Waals surface area (Å²) in [5.74, 6) is 0.432. The van der Waals surface area contributed by atoms with Crippen molar-refractivity contribution in [3.8, 4) is 0 Å². The maximum atomic E-state index is 9.91. The van der Waals surface area contributed by atoms with E-state index in [0.29, 0.717) is 5.92 Å². The van der Waals surface area contributed by atoms with Crippen LogP contribution in [-0.4, -0.2) is 27.5 Å². The SMILES string of the molecule is CCCn1nccc1CNCC1CCCCC1O. The molecule has 1 heterocycles. The quantitative estimate of drug-likeness (QED) is 0.812. The lowest BCUT2D eigenvalue weighted by Crippen LogP contribution is -2.34. The summed E-state index contributed by atoms with van der Waals surface area (Å²) >= 11 is 0. The van der Waals surface area contributed by atoms with E-state index in [4.69, 9.17) is 0 Å². The molecule has 0 bridgehead atoms. The fourth-order valence-electron chi connectivity index (χ4n) is 2.74. The third-order valence-electron chi connectivity index (χ3n) is 3.82. The molecule has 2 rings (SSSR count). The predicted octanol–water partition coefficient (Wildman–Crippen LogP) is 1.93. The van der Waals surface area contributed by atoms with E-state index in [1.165, 1.54) is 18.5 Å². The predicted molar refractivity (Wildman–Crippen MR) is 72.2 cm³/mol. The van der Waals surface area contributed by atoms with Gasteiger partial charge in [-0.25, -0.2) is 0 Å². The first kappa shape index (κ1) is 13.6. The minimum Gasteiger partial charge on any atom is -0.393 e. The van der Waals surface area contributed by atoms with Gasteiger partial charge in [0.15, 0.2) is 0 Å². The summed E-state index contributed by atoms with van der Waals surface area (Å²) in [6.45, 7) is 4.91. The van der Waals surface area contributed by atoms with Gasteiger partial charge in [0, 0.05) is 25.8 Å². The van der Waals surface area contributed by atoms with Crippen molar-refractivity contribution < 1.29 is 5.11 Å². The van der Waals surface area contributed by atoms with Crippen LogP contribution >= 0.6 is 0 Å². The van der Waals surface area contributed by atoms with Crippen LogP contribution in [0.15, 0.2) is 12.3 Å². The molecule has 2 N–H and O–H groups in total. The molecule has 4 heteroatoms. The average Bonchev–Trinajstić information content (AvgIpc) is 2.80. The van der Waals surface area contributed by atoms with Crippen LogP contribution in [0.3, 0.4) is 0 Å². The Morgan fingerprint density at radius 1 is 1.44 bits per heavy atom. The van der Waals surface area contributed by atoms with Crippen molar-refractivity contribution in [1.82, 2.24) is 15.1 Å². The molecular formula is C14H25N3O. The standard InChI is InChI=1S/C14H25N3O/c1-2-9-17-13(7-8-16-17)11-15-10-12-5-3-4-6-14(12)18/h7-8,12,14-15,18H,2-6,9-11H2,1H3. The number of aromatic nitrogens is 2. The summed E-state index contributed by atoms with van der Waals surface area (Å²) in [4.78, 5) is 0. The second kappa shape index (κ2) is 6.90. The molecule has 1 fully saturated rings. The summed E-state index contributed by atoms with van der Waals surface area (Å²) in [7, 11) is 0. The first-order chi connectivity index (χ1) is 8.81. The van der Waals surface area contributed by atoms with Gasteiger partial charge < -0.3 is 10.4 Å². The molecule has 0 radical (unpaired) electrons. The zero-order valence-electron chi connectivity index (χ0n) is 11.3. The van der Waals surface area contributed by atoms with E-state index in [1.807, 2.05) is 6.20 Å². The highest BCUT2D eigenvalue weighted by Crippen LogP contribution is 2.23. The maximum Gasteiger partial charge on any atom is 0.0580 e. The largest absolute Gasteiger partial charge is 0.393 e. The lowest BCUT2D eigenvalue weighted by molar-refractivity contribution is 0.0694. The molecule has 0 spiro atoms. The highest BCUT2D eigenvalue weighted by atomic mass is 16.3. The van der Waals surface area contributed by atoms with Crippen LogP contribution in [0, 0.1) is 5.92 Å². The van der Waals surface area contributed by atoms with Gasteiger partial charge in [0.05, 0.1) is 11.8 Å². The second-order valence-corrected chi connectivity index (χ2v) is 5.29. The molecule has 1 aromatic heterocycles. The number of aliphatic hydroxyl groups excluding tert-OH is 1. The summed E-state index contributed by atoms with van der Waals surface area (Å²) < 4.78 is 2.06. The summed E-state index contributed by atoms with van der Waals surface area (Å²) in [6, 6.07) is 2.07. The molecule has 1 aliphatic carbocycles. The van der Waals surface area contributed by atoms with Gasteiger partial charge in [0.25, 0.3) is 0 Å². The summed E-state index contributed by atoms with van der Waals surface area (Å²) in [5.41, 5.74) is 1.24. The molecule has 0 aromatic carbocycles. The highest BCUT2D eigenvalue weighted by molar-refractivity contribution is 5.00. The van der Waals surface area contributed by atoms with E-state index < -0.39 is 0 Å². The van der Waals surface area contributed by atoms with Crippen molar-refractivity contribution in [2.45, 2.75) is 58.2 Å². The number of rotatable bonds is 6. The van der Waals surface area contributed by atoms with Gasteiger partial charge in [-0.2, -0.15) is 5.10 Å². The second-order valence-electron chi connectivity index (χ2n) is 5.29. The van der Waals surface area contributed by atoms with Crippen LogP contribution in [0.5, 0.6) is 0 Å². The average molecular weight is 251 g/mol. The molecule has 102 valence electrons. The van der Waals surface area contributed by atoms with E-state index in [0.717, 1.165) is 38.9 Å². The third-order valence-corrected chi connectivity index (χ3v) is 3.82. The number of aryl methyl sites for hydroxylation is 1. The fourth-order valence-corrected chi connectivity index (χ4v) is 2.74. The van der Waals surface area contributed by atoms with Gasteiger partial charge in [-0.15, -0.1) is 0 Å². The molecule has 0 aliphatic heterocycles. The molecule has 2 atom stereocenters. The molecule has 1 aromatic rings. The Labute approximate surface area is 109 Å². The van der Waals surface area contributed by atoms with Crippen LogP contribution < -0.4 is 5.32 Å². The maximum absolute atomic E-state index is 9.91. The van der Waals surface area contributed by atoms with Crippen molar-refractivity contribution in [2.75, 3.05) is 6.54 Å². The minimum absolute atomic E-state index is 0.105. The van der Waals surface area contributed by atoms with Crippen molar-refractivity contribution in [3.05, 3.63) is 18.0 Å². The Hall–Kier alpha value is -0.870. The number of hydrogen-bond acceptors (Lipinski definition) is 3. The Morgan fingerprint density at radius 3 is 3.06 bits per heavy atom. The van der Waals surface area contributed by atoms with E-state index >= 15 is 0 Å². The molecular weight excluding hydrogens is 226 g/mol. The summed E-state index contributed by atoms with van der Waals surface area (Å²) in [5, 5.41) is 17.7. The van der Waals surface area contributed by atoms with Crippen LogP contribution in [0.4, 0.5) is 0 Å². The monoisotopic (exact) mass is 251 g/mol. The van der Waals surface area contributed by atoms with Gasteiger partial charge >= 0.3 is 0 Å². The highest BCUT2D eigenvalue weighted by Gasteiger charge is 2.22. The Bertz CT molecular complexity index is 351. The zero-order chi connectivity index (χ0) is 12.8. The Balaban J connectivity index is 1.75. The third kappa shape index (κ3) is 3.56. The Kier molecular flexibility index (Phi) is 5.20. The topological polar surface area (TPSA) is 50.1 Å². The molecule has 4 nitrogen and oxygen atoms in total. The smallest absolute Gasteiger partial charge is 0.0580 e. The van der Waals surface area contributed by atoms with E-state index in [9.17, 15) is 5.11 Å². The lowest BCUT2D eigenvalue weighted by Gasteiger charge is -2.27. The van der Waals surface area contributed by atoms with Gasteiger partial charge in [0.2, 0.25) is 0 Å². The molecule has 1 saturated carbocycles. The zero-order valence-corrected chi connectivity index (χ0v) is 11.3. The van der Waals surface area contributed by atoms with E-state index in [-0.39, 0.29) is 6.10 Å². The minimum atomic E-state index is -0.105. The molecule has 1 aliphatic rings. The van der Waals surface area contributed by atoms with Crippen molar-refractivity contribution in [1.29, 1.82) is 0 Å².